The van der Waals surface area contributed by atoms with Crippen LogP contribution in [-0.4, -0.2) is 39.8 Å². The van der Waals surface area contributed by atoms with Crippen LogP contribution in [0.25, 0.3) is 0 Å². The predicted octanol–water partition coefficient (Wildman–Crippen LogP) is 2.90. The molecule has 0 aliphatic carbocycles. The zero-order valence-corrected chi connectivity index (χ0v) is 15.2. The largest absolute Gasteiger partial charge is 0.497 e. The summed E-state index contributed by atoms with van der Waals surface area (Å²) in [5.74, 6) is 2.17. The molecule has 25 heavy (non-hydrogen) atoms. The minimum Gasteiger partial charge on any atom is -0.497 e. The van der Waals surface area contributed by atoms with Crippen LogP contribution in [-0.2, 0) is 18.6 Å². The molecule has 1 aliphatic heterocycles. The molecule has 6 heteroatoms. The Hall–Kier alpha value is -1.92. The molecule has 1 fully saturated rings. The molecule has 6 nitrogen and oxygen atoms in total. The Morgan fingerprint density at radius 3 is 2.80 bits per heavy atom. The molecule has 3 rings (SSSR count). The first kappa shape index (κ1) is 17.9. The molecular weight excluding hydrogens is 318 g/mol. The molecule has 1 saturated heterocycles. The highest BCUT2D eigenvalue weighted by molar-refractivity contribution is 5.31. The molecule has 0 saturated carbocycles. The van der Waals surface area contributed by atoms with Crippen molar-refractivity contribution in [3.8, 4) is 5.75 Å². The minimum absolute atomic E-state index is 0.0161. The van der Waals surface area contributed by atoms with Crippen molar-refractivity contribution in [1.29, 1.82) is 0 Å². The van der Waals surface area contributed by atoms with E-state index in [1.54, 1.807) is 7.11 Å². The highest BCUT2D eigenvalue weighted by Gasteiger charge is 2.41. The van der Waals surface area contributed by atoms with Crippen LogP contribution in [0.2, 0.25) is 0 Å². The summed E-state index contributed by atoms with van der Waals surface area (Å²) >= 11 is 0. The van der Waals surface area contributed by atoms with Crippen LogP contribution in [0, 0.1) is 0 Å². The van der Waals surface area contributed by atoms with Gasteiger partial charge in [0.05, 0.1) is 13.7 Å². The predicted molar refractivity (Wildman–Crippen MR) is 94.3 cm³/mol. The first-order valence-corrected chi connectivity index (χ1v) is 8.97. The van der Waals surface area contributed by atoms with Crippen LogP contribution >= 0.6 is 0 Å². The van der Waals surface area contributed by atoms with E-state index in [1.807, 2.05) is 31.2 Å². The Kier molecular flexibility index (Phi) is 5.39. The first-order valence-electron chi connectivity index (χ1n) is 8.97. The van der Waals surface area contributed by atoms with Crippen molar-refractivity contribution in [2.45, 2.75) is 57.7 Å². The second-order valence-electron chi connectivity index (χ2n) is 6.86. The van der Waals surface area contributed by atoms with Crippen LogP contribution < -0.4 is 4.74 Å². The average Bonchev–Trinajstić information content (AvgIpc) is 3.25. The van der Waals surface area contributed by atoms with Gasteiger partial charge in [-0.05, 0) is 50.4 Å². The zero-order chi connectivity index (χ0) is 17.9. The van der Waals surface area contributed by atoms with Gasteiger partial charge in [-0.15, -0.1) is 0 Å². The fraction of sp³-hybridized carbons (Fsp3) is 0.579. The molecule has 1 N–H and O–H groups in total. The molecule has 1 aromatic heterocycles. The molecule has 0 unspecified atom stereocenters. The van der Waals surface area contributed by atoms with E-state index in [1.165, 1.54) is 0 Å². The van der Waals surface area contributed by atoms with E-state index >= 15 is 0 Å². The van der Waals surface area contributed by atoms with E-state index in [-0.39, 0.29) is 6.04 Å². The summed E-state index contributed by atoms with van der Waals surface area (Å²) in [6, 6.07) is 7.65. The molecular formula is C19H27N3O3. The van der Waals surface area contributed by atoms with Gasteiger partial charge in [0.25, 0.3) is 0 Å². The smallest absolute Gasteiger partial charge is 0.240 e. The average molecular weight is 345 g/mol. The second-order valence-corrected chi connectivity index (χ2v) is 6.86. The lowest BCUT2D eigenvalue weighted by Crippen LogP contribution is -2.45. The van der Waals surface area contributed by atoms with Gasteiger partial charge in [0.1, 0.15) is 11.4 Å². The third kappa shape index (κ3) is 3.85. The fourth-order valence-corrected chi connectivity index (χ4v) is 3.63. The summed E-state index contributed by atoms with van der Waals surface area (Å²) in [7, 11) is 1.64. The Morgan fingerprint density at radius 1 is 1.36 bits per heavy atom. The number of likely N-dealkylation sites (tertiary alicyclic amines) is 1. The van der Waals surface area contributed by atoms with Crippen molar-refractivity contribution in [3.63, 3.8) is 0 Å². The summed E-state index contributed by atoms with van der Waals surface area (Å²) in [6.07, 6.45) is 3.82. The number of aliphatic hydroxyl groups is 1. The number of hydrogen-bond donors (Lipinski definition) is 1. The van der Waals surface area contributed by atoms with Gasteiger partial charge in [-0.3, -0.25) is 4.90 Å². The molecule has 1 aliphatic rings. The standard InChI is InChI=1S/C19H27N3O3/c1-4-6-17-20-18(25-21-17)13-22-12-5-7-16(22)19(2,23)14-8-10-15(24-3)11-9-14/h8-11,16,23H,4-7,12-13H2,1-3H3/t16-,19+/m1/s1. The van der Waals surface area contributed by atoms with E-state index in [2.05, 4.69) is 22.0 Å². The third-order valence-corrected chi connectivity index (χ3v) is 5.01. The van der Waals surface area contributed by atoms with Crippen LogP contribution in [0.3, 0.4) is 0 Å². The number of methoxy groups -OCH3 is 1. The zero-order valence-electron chi connectivity index (χ0n) is 15.2. The molecule has 2 aromatic rings. The quantitative estimate of drug-likeness (QED) is 0.832. The third-order valence-electron chi connectivity index (χ3n) is 5.01. The highest BCUT2D eigenvalue weighted by atomic mass is 16.5. The number of rotatable bonds is 7. The first-order chi connectivity index (χ1) is 12.0. The molecule has 0 radical (unpaired) electrons. The Morgan fingerprint density at radius 2 is 2.12 bits per heavy atom. The van der Waals surface area contributed by atoms with Gasteiger partial charge in [0.15, 0.2) is 5.82 Å². The molecule has 136 valence electrons. The van der Waals surface area contributed by atoms with Crippen molar-refractivity contribution < 1.29 is 14.4 Å². The normalized spacial score (nSPS) is 20.6. The monoisotopic (exact) mass is 345 g/mol. The van der Waals surface area contributed by atoms with E-state index in [9.17, 15) is 5.11 Å². The van der Waals surface area contributed by atoms with E-state index in [0.29, 0.717) is 12.4 Å². The van der Waals surface area contributed by atoms with Crippen molar-refractivity contribution >= 4 is 0 Å². The van der Waals surface area contributed by atoms with Crippen molar-refractivity contribution in [3.05, 3.63) is 41.5 Å². The Bertz CT molecular complexity index is 681. The van der Waals surface area contributed by atoms with Crippen LogP contribution in [0.5, 0.6) is 5.75 Å². The van der Waals surface area contributed by atoms with Gasteiger partial charge >= 0.3 is 0 Å². The molecule has 2 atom stereocenters. The lowest BCUT2D eigenvalue weighted by atomic mass is 9.86. The van der Waals surface area contributed by atoms with Crippen molar-refractivity contribution in [1.82, 2.24) is 15.0 Å². The SMILES string of the molecule is CCCc1noc(CN2CCC[C@@H]2[C@@](C)(O)c2ccc(OC)cc2)n1. The number of aromatic nitrogens is 2. The van der Waals surface area contributed by atoms with E-state index < -0.39 is 5.60 Å². The molecule has 1 aromatic carbocycles. The van der Waals surface area contributed by atoms with E-state index in [4.69, 9.17) is 9.26 Å². The maximum absolute atomic E-state index is 11.2. The van der Waals surface area contributed by atoms with Gasteiger partial charge in [0, 0.05) is 12.5 Å². The van der Waals surface area contributed by atoms with Gasteiger partial charge in [-0.25, -0.2) is 0 Å². The number of nitrogens with zero attached hydrogens (tertiary/aromatic N) is 3. The van der Waals surface area contributed by atoms with Crippen molar-refractivity contribution in [2.24, 2.45) is 0 Å². The lowest BCUT2D eigenvalue weighted by molar-refractivity contribution is -0.0278. The van der Waals surface area contributed by atoms with E-state index in [0.717, 1.165) is 49.4 Å². The minimum atomic E-state index is -0.949. The Labute approximate surface area is 148 Å². The molecule has 2 heterocycles. The fourth-order valence-electron chi connectivity index (χ4n) is 3.63. The van der Waals surface area contributed by atoms with Gasteiger partial charge in [-0.1, -0.05) is 24.2 Å². The summed E-state index contributed by atoms with van der Waals surface area (Å²) < 4.78 is 10.6. The summed E-state index contributed by atoms with van der Waals surface area (Å²) in [5, 5.41) is 15.3. The summed E-state index contributed by atoms with van der Waals surface area (Å²) in [5.41, 5.74) is -0.0583. The number of aryl methyl sites for hydroxylation is 1. The van der Waals surface area contributed by atoms with Crippen LogP contribution in [0.4, 0.5) is 0 Å². The second kappa shape index (κ2) is 7.54. The van der Waals surface area contributed by atoms with Gasteiger partial charge in [-0.2, -0.15) is 4.98 Å². The van der Waals surface area contributed by atoms with Crippen LogP contribution in [0.1, 0.15) is 50.4 Å². The molecule has 0 spiro atoms. The number of hydrogen-bond acceptors (Lipinski definition) is 6. The van der Waals surface area contributed by atoms with Gasteiger partial charge in [0.2, 0.25) is 5.89 Å². The number of ether oxygens (including phenoxy) is 1. The number of benzene rings is 1. The maximum Gasteiger partial charge on any atom is 0.240 e. The lowest BCUT2D eigenvalue weighted by Gasteiger charge is -2.36. The summed E-state index contributed by atoms with van der Waals surface area (Å²) in [4.78, 5) is 6.70. The molecule has 0 amide bonds. The Balaban J connectivity index is 1.74. The topological polar surface area (TPSA) is 71.6 Å². The van der Waals surface area contributed by atoms with Crippen LogP contribution in [0.15, 0.2) is 28.8 Å². The van der Waals surface area contributed by atoms with Gasteiger partial charge < -0.3 is 14.4 Å². The molecule has 0 bridgehead atoms. The maximum atomic E-state index is 11.2. The highest BCUT2D eigenvalue weighted by Crippen LogP contribution is 2.36. The van der Waals surface area contributed by atoms with Crippen molar-refractivity contribution in [2.75, 3.05) is 13.7 Å². The summed E-state index contributed by atoms with van der Waals surface area (Å²) in [6.45, 7) is 5.48.